The van der Waals surface area contributed by atoms with Crippen LogP contribution in [-0.4, -0.2) is 26.3 Å². The summed E-state index contributed by atoms with van der Waals surface area (Å²) in [5, 5.41) is 8.09. The number of fused-ring (bicyclic) bond motifs is 1. The number of hydrogen-bond donors (Lipinski definition) is 1. The van der Waals surface area contributed by atoms with Crippen molar-refractivity contribution >= 4 is 34.4 Å². The predicted octanol–water partition coefficient (Wildman–Crippen LogP) is 3.92. The molecule has 1 amide bonds. The van der Waals surface area contributed by atoms with Crippen molar-refractivity contribution in [1.82, 2.24) is 15.1 Å². The number of hydrogen-bond acceptors (Lipinski definition) is 6. The zero-order valence-corrected chi connectivity index (χ0v) is 14.8. The van der Waals surface area contributed by atoms with E-state index in [1.165, 1.54) is 11.8 Å². The van der Waals surface area contributed by atoms with Crippen molar-refractivity contribution in [3.8, 4) is 0 Å². The summed E-state index contributed by atoms with van der Waals surface area (Å²) >= 11 is 1.45. The van der Waals surface area contributed by atoms with Crippen LogP contribution in [0.4, 0.5) is 5.82 Å². The van der Waals surface area contributed by atoms with Crippen LogP contribution in [0, 0.1) is 6.92 Å². The second-order valence-electron chi connectivity index (χ2n) is 6.25. The monoisotopic (exact) mass is 354 g/mol. The van der Waals surface area contributed by atoms with Crippen molar-refractivity contribution in [3.05, 3.63) is 41.9 Å². The van der Waals surface area contributed by atoms with Crippen LogP contribution in [0.3, 0.4) is 0 Å². The summed E-state index contributed by atoms with van der Waals surface area (Å²) in [6.07, 6.45) is 2.29. The Morgan fingerprint density at radius 2 is 2.12 bits per heavy atom. The topological polar surface area (TPSA) is 80.9 Å². The van der Waals surface area contributed by atoms with E-state index in [1.807, 2.05) is 31.2 Å². The van der Waals surface area contributed by atoms with Gasteiger partial charge >= 0.3 is 0 Å². The summed E-state index contributed by atoms with van der Waals surface area (Å²) < 4.78 is 4.98. The van der Waals surface area contributed by atoms with E-state index < -0.39 is 0 Å². The summed E-state index contributed by atoms with van der Waals surface area (Å²) in [6.45, 7) is 3.65. The Bertz CT molecular complexity index is 936. The van der Waals surface area contributed by atoms with Crippen molar-refractivity contribution < 1.29 is 9.32 Å². The van der Waals surface area contributed by atoms with Crippen LogP contribution in [0.1, 0.15) is 37.3 Å². The number of aryl methyl sites for hydroxylation is 1. The van der Waals surface area contributed by atoms with Crippen LogP contribution < -0.4 is 5.32 Å². The lowest BCUT2D eigenvalue weighted by Gasteiger charge is -2.12. The fourth-order valence-corrected chi connectivity index (χ4v) is 3.50. The molecule has 1 N–H and O–H groups in total. The fraction of sp³-hybridized carbons (Fsp3) is 0.333. The maximum absolute atomic E-state index is 12.4. The van der Waals surface area contributed by atoms with Gasteiger partial charge in [0.25, 0.3) is 0 Å². The average Bonchev–Trinajstić information content (AvgIpc) is 3.38. The minimum Gasteiger partial charge on any atom is -0.360 e. The first-order valence-electron chi connectivity index (χ1n) is 8.27. The number of nitrogens with zero attached hydrogens (tertiary/aromatic N) is 3. The Morgan fingerprint density at radius 3 is 2.84 bits per heavy atom. The fourth-order valence-electron chi connectivity index (χ4n) is 2.55. The molecule has 1 fully saturated rings. The van der Waals surface area contributed by atoms with Gasteiger partial charge in [0.2, 0.25) is 5.91 Å². The molecular formula is C18H18N4O2S. The van der Waals surface area contributed by atoms with Gasteiger partial charge in [-0.15, -0.1) is 0 Å². The average molecular weight is 354 g/mol. The van der Waals surface area contributed by atoms with Crippen molar-refractivity contribution in [2.24, 2.45) is 0 Å². The molecule has 3 aromatic rings. The number of amides is 1. The van der Waals surface area contributed by atoms with Crippen molar-refractivity contribution in [3.63, 3.8) is 0 Å². The lowest BCUT2D eigenvalue weighted by atomic mass is 10.2. The van der Waals surface area contributed by atoms with Crippen molar-refractivity contribution in [2.45, 2.75) is 42.9 Å². The molecule has 0 bridgehead atoms. The summed E-state index contributed by atoms with van der Waals surface area (Å²) in [5.41, 5.74) is 0.932. The summed E-state index contributed by atoms with van der Waals surface area (Å²) in [5.74, 6) is 2.31. The molecule has 2 heterocycles. The minimum absolute atomic E-state index is 0.131. The predicted molar refractivity (Wildman–Crippen MR) is 96.7 cm³/mol. The minimum atomic E-state index is -0.317. The molecule has 25 heavy (non-hydrogen) atoms. The zero-order valence-electron chi connectivity index (χ0n) is 14.0. The van der Waals surface area contributed by atoms with Gasteiger partial charge in [0.05, 0.1) is 10.8 Å². The molecule has 1 atom stereocenters. The van der Waals surface area contributed by atoms with Gasteiger partial charge in [0.15, 0.2) is 5.82 Å². The van der Waals surface area contributed by atoms with Crippen LogP contribution in [0.5, 0.6) is 0 Å². The first-order chi connectivity index (χ1) is 12.1. The van der Waals surface area contributed by atoms with E-state index in [-0.39, 0.29) is 11.2 Å². The quantitative estimate of drug-likeness (QED) is 0.552. The Morgan fingerprint density at radius 1 is 1.32 bits per heavy atom. The first-order valence-corrected chi connectivity index (χ1v) is 9.15. The Kier molecular flexibility index (Phi) is 4.17. The van der Waals surface area contributed by atoms with E-state index in [0.717, 1.165) is 34.6 Å². The molecule has 4 rings (SSSR count). The number of carbonyl (C=O) groups excluding carboxylic acids is 1. The van der Waals surface area contributed by atoms with Crippen LogP contribution in [0.15, 0.2) is 39.9 Å². The number of anilines is 1. The third-order valence-electron chi connectivity index (χ3n) is 4.06. The molecule has 0 saturated heterocycles. The number of nitrogens with one attached hydrogen (secondary N) is 1. The highest BCUT2D eigenvalue weighted by Gasteiger charge is 2.28. The number of benzene rings is 1. The van der Waals surface area contributed by atoms with E-state index in [9.17, 15) is 4.79 Å². The second kappa shape index (κ2) is 6.48. The van der Waals surface area contributed by atoms with Crippen LogP contribution in [0.25, 0.3) is 10.9 Å². The molecule has 0 aliphatic heterocycles. The van der Waals surface area contributed by atoms with Gasteiger partial charge in [0, 0.05) is 17.4 Å². The molecule has 2 aromatic heterocycles. The van der Waals surface area contributed by atoms with Gasteiger partial charge < -0.3 is 9.84 Å². The molecule has 1 aliphatic rings. The second-order valence-corrected chi connectivity index (χ2v) is 7.58. The van der Waals surface area contributed by atoms with E-state index in [0.29, 0.717) is 17.5 Å². The molecule has 1 aliphatic carbocycles. The van der Waals surface area contributed by atoms with Gasteiger partial charge in [-0.05, 0) is 32.8 Å². The summed E-state index contributed by atoms with van der Waals surface area (Å²) in [4.78, 5) is 21.8. The Hall–Kier alpha value is -2.41. The molecule has 7 heteroatoms. The van der Waals surface area contributed by atoms with E-state index >= 15 is 0 Å². The lowest BCUT2D eigenvalue weighted by molar-refractivity contribution is -0.115. The van der Waals surface area contributed by atoms with Crippen LogP contribution >= 0.6 is 11.8 Å². The third kappa shape index (κ3) is 3.51. The Balaban J connectivity index is 1.57. The SMILES string of the molecule is Cc1cc(NC(=O)[C@H](C)Sc2nc(C3CC3)nc3ccccc23)no1. The highest BCUT2D eigenvalue weighted by atomic mass is 32.2. The molecule has 1 saturated carbocycles. The number of para-hydroxylation sites is 1. The largest absolute Gasteiger partial charge is 0.360 e. The third-order valence-corrected chi connectivity index (χ3v) is 5.17. The van der Waals surface area contributed by atoms with Gasteiger partial charge in [-0.3, -0.25) is 4.79 Å². The highest BCUT2D eigenvalue weighted by Crippen LogP contribution is 2.40. The van der Waals surface area contributed by atoms with Crippen LogP contribution in [-0.2, 0) is 4.79 Å². The first kappa shape index (κ1) is 16.1. The molecule has 0 spiro atoms. The highest BCUT2D eigenvalue weighted by molar-refractivity contribution is 8.00. The summed E-state index contributed by atoms with van der Waals surface area (Å²) in [6, 6.07) is 9.63. The molecular weight excluding hydrogens is 336 g/mol. The van der Waals surface area contributed by atoms with E-state index in [4.69, 9.17) is 9.51 Å². The molecule has 0 radical (unpaired) electrons. The summed E-state index contributed by atoms with van der Waals surface area (Å²) in [7, 11) is 0. The molecule has 1 aromatic carbocycles. The van der Waals surface area contributed by atoms with Gasteiger partial charge in [-0.25, -0.2) is 9.97 Å². The standard InChI is InChI=1S/C18H18N4O2S/c1-10-9-15(22-24-10)20-17(23)11(2)25-18-13-5-3-4-6-14(13)19-16(21-18)12-7-8-12/h3-6,9,11-12H,7-8H2,1-2H3,(H,20,22,23)/t11-/m0/s1. The van der Waals surface area contributed by atoms with Crippen LogP contribution in [0.2, 0.25) is 0 Å². The number of aromatic nitrogens is 3. The Labute approximate surface area is 149 Å². The zero-order chi connectivity index (χ0) is 17.4. The lowest BCUT2D eigenvalue weighted by Crippen LogP contribution is -2.22. The molecule has 128 valence electrons. The number of carbonyl (C=O) groups is 1. The van der Waals surface area contributed by atoms with Gasteiger partial charge in [-0.2, -0.15) is 0 Å². The molecule has 6 nitrogen and oxygen atoms in total. The van der Waals surface area contributed by atoms with Crippen molar-refractivity contribution in [2.75, 3.05) is 5.32 Å². The van der Waals surface area contributed by atoms with E-state index in [2.05, 4.69) is 15.5 Å². The molecule has 0 unspecified atom stereocenters. The normalized spacial score (nSPS) is 15.3. The number of thioether (sulfide) groups is 1. The number of rotatable bonds is 5. The van der Waals surface area contributed by atoms with Gasteiger partial charge in [0.1, 0.15) is 16.6 Å². The maximum atomic E-state index is 12.4. The van der Waals surface area contributed by atoms with E-state index in [1.54, 1.807) is 13.0 Å². The van der Waals surface area contributed by atoms with Crippen molar-refractivity contribution in [1.29, 1.82) is 0 Å². The smallest absolute Gasteiger partial charge is 0.238 e. The van der Waals surface area contributed by atoms with Gasteiger partial charge in [-0.1, -0.05) is 35.1 Å². The maximum Gasteiger partial charge on any atom is 0.238 e.